The Kier molecular flexibility index (Phi) is 10.5. The highest BCUT2D eigenvalue weighted by Crippen LogP contribution is 2.02. The molecule has 0 aromatic carbocycles. The summed E-state index contributed by atoms with van der Waals surface area (Å²) in [4.78, 5) is 13.5. The zero-order chi connectivity index (χ0) is 12.2. The molecule has 0 unspecified atom stereocenters. The Morgan fingerprint density at radius 3 is 2.56 bits per heavy atom. The van der Waals surface area contributed by atoms with E-state index >= 15 is 0 Å². The molecule has 0 aromatic heterocycles. The van der Waals surface area contributed by atoms with Gasteiger partial charge in [-0.05, 0) is 13.5 Å². The number of aliphatic hydroxyl groups is 1. The van der Waals surface area contributed by atoms with Gasteiger partial charge in [0.05, 0.1) is 6.61 Å². The molecule has 0 aliphatic carbocycles. The van der Waals surface area contributed by atoms with E-state index in [2.05, 4.69) is 12.2 Å². The molecular weight excluding hydrogens is 204 g/mol. The molecule has 0 aliphatic heterocycles. The van der Waals surface area contributed by atoms with Gasteiger partial charge in [-0.1, -0.05) is 26.2 Å². The van der Waals surface area contributed by atoms with E-state index in [0.29, 0.717) is 19.5 Å². The molecule has 0 radical (unpaired) electrons. The number of rotatable bonds is 10. The minimum absolute atomic E-state index is 0.0546. The number of hydrogen-bond acceptors (Lipinski definition) is 3. The van der Waals surface area contributed by atoms with E-state index in [1.165, 1.54) is 12.8 Å². The van der Waals surface area contributed by atoms with Crippen molar-refractivity contribution in [3.8, 4) is 0 Å². The summed E-state index contributed by atoms with van der Waals surface area (Å²) in [6.45, 7) is 4.18. The topological polar surface area (TPSA) is 52.6 Å². The van der Waals surface area contributed by atoms with Crippen molar-refractivity contribution in [2.75, 3.05) is 33.3 Å². The summed E-state index contributed by atoms with van der Waals surface area (Å²) in [6.07, 6.45) is 5.15. The zero-order valence-electron chi connectivity index (χ0n) is 10.7. The Labute approximate surface area is 99.0 Å². The predicted octanol–water partition coefficient (Wildman–Crippen LogP) is 0.997. The number of nitrogens with zero attached hydrogens (tertiary/aromatic N) is 1. The molecule has 0 saturated heterocycles. The maximum atomic E-state index is 11.7. The summed E-state index contributed by atoms with van der Waals surface area (Å²) in [5, 5.41) is 11.9. The van der Waals surface area contributed by atoms with Gasteiger partial charge in [-0.25, -0.2) is 0 Å². The van der Waals surface area contributed by atoms with Gasteiger partial charge in [-0.3, -0.25) is 4.79 Å². The highest BCUT2D eigenvalue weighted by molar-refractivity contribution is 5.76. The summed E-state index contributed by atoms with van der Waals surface area (Å²) >= 11 is 0. The number of carbonyl (C=O) groups is 1. The average molecular weight is 230 g/mol. The van der Waals surface area contributed by atoms with Crippen molar-refractivity contribution in [2.24, 2.45) is 0 Å². The molecule has 0 heterocycles. The van der Waals surface area contributed by atoms with E-state index in [1.54, 1.807) is 4.90 Å². The Bertz CT molecular complexity index is 174. The van der Waals surface area contributed by atoms with Crippen LogP contribution in [0, 0.1) is 0 Å². The van der Waals surface area contributed by atoms with Gasteiger partial charge in [-0.15, -0.1) is 0 Å². The minimum atomic E-state index is 0.0546. The van der Waals surface area contributed by atoms with Crippen LogP contribution in [0.3, 0.4) is 0 Å². The van der Waals surface area contributed by atoms with Gasteiger partial charge in [0, 0.05) is 26.1 Å². The first-order valence-electron chi connectivity index (χ1n) is 6.29. The van der Waals surface area contributed by atoms with Crippen molar-refractivity contribution in [1.82, 2.24) is 10.2 Å². The van der Waals surface area contributed by atoms with Gasteiger partial charge in [0.15, 0.2) is 0 Å². The number of unbranched alkanes of at least 4 members (excludes halogenated alkanes) is 3. The summed E-state index contributed by atoms with van der Waals surface area (Å²) in [5.41, 5.74) is 0. The van der Waals surface area contributed by atoms with Gasteiger partial charge in [0.1, 0.15) is 0 Å². The van der Waals surface area contributed by atoms with Crippen LogP contribution in [0.4, 0.5) is 0 Å². The quantitative estimate of drug-likeness (QED) is 0.550. The lowest BCUT2D eigenvalue weighted by Gasteiger charge is -2.21. The van der Waals surface area contributed by atoms with Crippen LogP contribution in [0.15, 0.2) is 0 Å². The molecule has 0 aliphatic rings. The molecule has 4 nitrogen and oxygen atoms in total. The number of aliphatic hydroxyl groups excluding tert-OH is 1. The van der Waals surface area contributed by atoms with E-state index in [1.807, 2.05) is 7.05 Å². The third-order valence-corrected chi connectivity index (χ3v) is 2.59. The molecule has 96 valence electrons. The first-order chi connectivity index (χ1) is 7.76. The monoisotopic (exact) mass is 230 g/mol. The van der Waals surface area contributed by atoms with Gasteiger partial charge in [0.2, 0.25) is 5.91 Å². The standard InChI is InChI=1S/C12H26N2O2/c1-3-4-5-6-9-14(10-11-15)12(16)7-8-13-2/h13,15H,3-11H2,1-2H3. The van der Waals surface area contributed by atoms with Crippen LogP contribution < -0.4 is 5.32 Å². The second-order valence-corrected chi connectivity index (χ2v) is 4.02. The van der Waals surface area contributed by atoms with Crippen LogP contribution in [-0.2, 0) is 4.79 Å². The first kappa shape index (κ1) is 15.4. The van der Waals surface area contributed by atoms with E-state index in [0.717, 1.165) is 19.4 Å². The molecule has 0 spiro atoms. The Balaban J connectivity index is 3.80. The summed E-state index contributed by atoms with van der Waals surface area (Å²) in [6, 6.07) is 0. The van der Waals surface area contributed by atoms with Crippen LogP contribution >= 0.6 is 0 Å². The lowest BCUT2D eigenvalue weighted by Crippen LogP contribution is -2.35. The van der Waals surface area contributed by atoms with Crippen LogP contribution in [0.25, 0.3) is 0 Å². The van der Waals surface area contributed by atoms with Gasteiger partial charge >= 0.3 is 0 Å². The van der Waals surface area contributed by atoms with Crippen molar-refractivity contribution < 1.29 is 9.90 Å². The van der Waals surface area contributed by atoms with Crippen molar-refractivity contribution in [2.45, 2.75) is 39.0 Å². The highest BCUT2D eigenvalue weighted by Gasteiger charge is 2.11. The molecule has 0 atom stereocenters. The van der Waals surface area contributed by atoms with Crippen molar-refractivity contribution in [1.29, 1.82) is 0 Å². The number of amides is 1. The maximum Gasteiger partial charge on any atom is 0.223 e. The molecule has 0 saturated carbocycles. The van der Waals surface area contributed by atoms with Crippen molar-refractivity contribution in [3.05, 3.63) is 0 Å². The third-order valence-electron chi connectivity index (χ3n) is 2.59. The fourth-order valence-electron chi connectivity index (χ4n) is 1.60. The third kappa shape index (κ3) is 7.65. The Morgan fingerprint density at radius 2 is 2.00 bits per heavy atom. The van der Waals surface area contributed by atoms with E-state index < -0.39 is 0 Å². The average Bonchev–Trinajstić information content (AvgIpc) is 2.30. The number of hydrogen-bond donors (Lipinski definition) is 2. The summed E-state index contributed by atoms with van der Waals surface area (Å²) < 4.78 is 0. The molecule has 2 N–H and O–H groups in total. The number of carbonyl (C=O) groups excluding carboxylic acids is 1. The largest absolute Gasteiger partial charge is 0.395 e. The van der Waals surface area contributed by atoms with Gasteiger partial charge in [0.25, 0.3) is 0 Å². The Hall–Kier alpha value is -0.610. The molecule has 0 rings (SSSR count). The van der Waals surface area contributed by atoms with Crippen LogP contribution in [0.1, 0.15) is 39.0 Å². The molecule has 0 fully saturated rings. The number of nitrogens with one attached hydrogen (secondary N) is 1. The van der Waals surface area contributed by atoms with E-state index in [9.17, 15) is 4.79 Å². The van der Waals surface area contributed by atoms with E-state index in [4.69, 9.17) is 5.11 Å². The van der Waals surface area contributed by atoms with Gasteiger partial charge < -0.3 is 15.3 Å². The smallest absolute Gasteiger partial charge is 0.223 e. The first-order valence-corrected chi connectivity index (χ1v) is 6.29. The fourth-order valence-corrected chi connectivity index (χ4v) is 1.60. The minimum Gasteiger partial charge on any atom is -0.395 e. The second kappa shape index (κ2) is 10.9. The molecule has 0 aromatic rings. The SMILES string of the molecule is CCCCCCN(CCO)C(=O)CCNC. The van der Waals surface area contributed by atoms with Crippen LogP contribution in [-0.4, -0.2) is 49.2 Å². The zero-order valence-corrected chi connectivity index (χ0v) is 10.7. The molecule has 1 amide bonds. The molecule has 4 heteroatoms. The van der Waals surface area contributed by atoms with Crippen molar-refractivity contribution in [3.63, 3.8) is 0 Å². The summed E-state index contributed by atoms with van der Waals surface area (Å²) in [7, 11) is 1.84. The van der Waals surface area contributed by atoms with E-state index in [-0.39, 0.29) is 12.5 Å². The maximum absolute atomic E-state index is 11.7. The summed E-state index contributed by atoms with van der Waals surface area (Å²) in [5.74, 6) is 0.139. The second-order valence-electron chi connectivity index (χ2n) is 4.02. The Morgan fingerprint density at radius 1 is 1.25 bits per heavy atom. The lowest BCUT2D eigenvalue weighted by molar-refractivity contribution is -0.131. The van der Waals surface area contributed by atoms with Crippen molar-refractivity contribution >= 4 is 5.91 Å². The molecule has 16 heavy (non-hydrogen) atoms. The van der Waals surface area contributed by atoms with Gasteiger partial charge in [-0.2, -0.15) is 0 Å². The highest BCUT2D eigenvalue weighted by atomic mass is 16.3. The fraction of sp³-hybridized carbons (Fsp3) is 0.917. The van der Waals surface area contributed by atoms with Crippen LogP contribution in [0.5, 0.6) is 0 Å². The molecular formula is C12H26N2O2. The normalized spacial score (nSPS) is 10.4. The predicted molar refractivity (Wildman–Crippen MR) is 66.4 cm³/mol. The molecule has 0 bridgehead atoms. The lowest BCUT2D eigenvalue weighted by atomic mass is 10.2. The van der Waals surface area contributed by atoms with Crippen LogP contribution in [0.2, 0.25) is 0 Å².